The van der Waals surface area contributed by atoms with Gasteiger partial charge in [-0.15, -0.1) is 0 Å². The predicted molar refractivity (Wildman–Crippen MR) is 125 cm³/mol. The zero-order valence-corrected chi connectivity index (χ0v) is 19.4. The van der Waals surface area contributed by atoms with Gasteiger partial charge < -0.3 is 14.2 Å². The fourth-order valence-electron chi connectivity index (χ4n) is 3.02. The van der Waals surface area contributed by atoms with Gasteiger partial charge in [0, 0.05) is 23.7 Å². The smallest absolute Gasteiger partial charge is 0.280 e. The summed E-state index contributed by atoms with van der Waals surface area (Å²) in [5.74, 6) is 0.799. The number of nitrogens with one attached hydrogen (secondary N) is 1. The molecule has 0 atom stereocenters. The van der Waals surface area contributed by atoms with Gasteiger partial charge in [-0.05, 0) is 43.3 Å². The van der Waals surface area contributed by atoms with Gasteiger partial charge in [0.2, 0.25) is 5.75 Å². The number of nitrogens with zero attached hydrogens (tertiary/aromatic N) is 4. The van der Waals surface area contributed by atoms with Crippen molar-refractivity contribution in [3.05, 3.63) is 72.7 Å². The van der Waals surface area contributed by atoms with Gasteiger partial charge in [-0.3, -0.25) is 9.71 Å². The van der Waals surface area contributed by atoms with E-state index in [0.717, 1.165) is 0 Å². The first kappa shape index (κ1) is 22.9. The van der Waals surface area contributed by atoms with E-state index in [0.29, 0.717) is 22.8 Å². The predicted octanol–water partition coefficient (Wildman–Crippen LogP) is 3.85. The summed E-state index contributed by atoms with van der Waals surface area (Å²) in [6.45, 7) is 1.70. The first-order chi connectivity index (χ1) is 16.4. The molecule has 1 aromatic carbocycles. The highest BCUT2D eigenvalue weighted by Gasteiger charge is 2.25. The molecule has 0 aliphatic heterocycles. The van der Waals surface area contributed by atoms with Gasteiger partial charge in [0.1, 0.15) is 0 Å². The van der Waals surface area contributed by atoms with Crippen molar-refractivity contribution in [2.45, 2.75) is 11.9 Å². The number of ether oxygens (including phenoxy) is 3. The zero-order chi connectivity index (χ0) is 24.1. The van der Waals surface area contributed by atoms with Crippen LogP contribution in [0.1, 0.15) is 5.69 Å². The molecule has 0 bridgehead atoms. The van der Waals surface area contributed by atoms with Gasteiger partial charge >= 0.3 is 0 Å². The molecule has 0 amide bonds. The minimum Gasteiger partial charge on any atom is -0.493 e. The summed E-state index contributed by atoms with van der Waals surface area (Å²) in [7, 11) is -1.23. The number of pyridine rings is 2. The molecule has 0 radical (unpaired) electrons. The number of rotatable bonds is 8. The first-order valence-corrected chi connectivity index (χ1v) is 11.5. The van der Waals surface area contributed by atoms with Gasteiger partial charge in [0.15, 0.2) is 28.2 Å². The van der Waals surface area contributed by atoms with Crippen molar-refractivity contribution in [2.24, 2.45) is 0 Å². The van der Waals surface area contributed by atoms with Crippen molar-refractivity contribution in [3.8, 4) is 34.5 Å². The molecular weight excluding hydrogens is 458 g/mol. The fraction of sp³-hybridized carbons (Fsp3) is 0.130. The van der Waals surface area contributed by atoms with Crippen molar-refractivity contribution < 1.29 is 22.6 Å². The standard InChI is InChI=1S/C23H21N5O5S/c1-15-7-6-10-19(25-15)34(29,30)28-22-20(33-18-9-5-4-8-17(18)31-2)23(32-3)27-21(26-22)16-11-13-24-14-12-16/h4-14H,1-3H3,(H,26,27,28). The molecule has 0 unspecified atom stereocenters. The van der Waals surface area contributed by atoms with E-state index in [1.165, 1.54) is 20.3 Å². The number of sulfonamides is 1. The maximum atomic E-state index is 13.2. The third-order valence-corrected chi connectivity index (χ3v) is 5.86. The molecule has 11 heteroatoms. The van der Waals surface area contributed by atoms with Crippen LogP contribution in [0.15, 0.2) is 72.0 Å². The van der Waals surface area contributed by atoms with E-state index in [1.807, 2.05) is 0 Å². The first-order valence-electron chi connectivity index (χ1n) is 10.0. The molecule has 0 saturated heterocycles. The molecule has 4 rings (SSSR count). The Kier molecular flexibility index (Phi) is 6.55. The number of aromatic nitrogens is 4. The molecule has 174 valence electrons. The quantitative estimate of drug-likeness (QED) is 0.401. The number of anilines is 1. The fourth-order valence-corrected chi connectivity index (χ4v) is 4.04. The van der Waals surface area contributed by atoms with Crippen molar-refractivity contribution in [2.75, 3.05) is 18.9 Å². The molecule has 34 heavy (non-hydrogen) atoms. The summed E-state index contributed by atoms with van der Waals surface area (Å²) < 4.78 is 45.6. The summed E-state index contributed by atoms with van der Waals surface area (Å²) >= 11 is 0. The molecule has 0 aliphatic rings. The van der Waals surface area contributed by atoms with Gasteiger partial charge in [-0.1, -0.05) is 18.2 Å². The van der Waals surface area contributed by atoms with E-state index in [4.69, 9.17) is 14.2 Å². The summed E-state index contributed by atoms with van der Waals surface area (Å²) in [6.07, 6.45) is 3.15. The maximum Gasteiger partial charge on any atom is 0.280 e. The Morgan fingerprint density at radius 1 is 0.824 bits per heavy atom. The molecule has 0 spiro atoms. The van der Waals surface area contributed by atoms with Crippen molar-refractivity contribution >= 4 is 15.8 Å². The largest absolute Gasteiger partial charge is 0.493 e. The van der Waals surface area contributed by atoms with Crippen LogP contribution in [0, 0.1) is 6.92 Å². The summed E-state index contributed by atoms with van der Waals surface area (Å²) in [6, 6.07) is 15.0. The molecule has 4 aromatic rings. The lowest BCUT2D eigenvalue weighted by atomic mass is 10.2. The van der Waals surface area contributed by atoms with Crippen LogP contribution < -0.4 is 18.9 Å². The Morgan fingerprint density at radius 2 is 1.56 bits per heavy atom. The van der Waals surface area contributed by atoms with Crippen LogP contribution in [0.25, 0.3) is 11.4 Å². The molecule has 10 nitrogen and oxygen atoms in total. The Morgan fingerprint density at radius 3 is 2.24 bits per heavy atom. The van der Waals surface area contributed by atoms with Crippen molar-refractivity contribution in [3.63, 3.8) is 0 Å². The molecule has 0 fully saturated rings. The van der Waals surface area contributed by atoms with Crippen LogP contribution in [0.3, 0.4) is 0 Å². The van der Waals surface area contributed by atoms with Crippen LogP contribution >= 0.6 is 0 Å². The number of para-hydroxylation sites is 2. The monoisotopic (exact) mass is 479 g/mol. The average molecular weight is 480 g/mol. The van der Waals surface area contributed by atoms with Gasteiger partial charge in [0.05, 0.1) is 14.2 Å². The lowest BCUT2D eigenvalue weighted by molar-refractivity contribution is 0.348. The van der Waals surface area contributed by atoms with Crippen molar-refractivity contribution in [1.29, 1.82) is 0 Å². The van der Waals surface area contributed by atoms with Crippen molar-refractivity contribution in [1.82, 2.24) is 19.9 Å². The summed E-state index contributed by atoms with van der Waals surface area (Å²) in [4.78, 5) is 16.9. The molecule has 3 aromatic heterocycles. The van der Waals surface area contributed by atoms with Crippen LogP contribution in [0.2, 0.25) is 0 Å². The van der Waals surface area contributed by atoms with Gasteiger partial charge in [-0.2, -0.15) is 13.4 Å². The van der Waals surface area contributed by atoms with E-state index in [1.54, 1.807) is 67.8 Å². The third kappa shape index (κ3) is 4.89. The second-order valence-corrected chi connectivity index (χ2v) is 8.58. The van der Waals surface area contributed by atoms with Gasteiger partial charge in [0.25, 0.3) is 15.9 Å². The van der Waals surface area contributed by atoms with Gasteiger partial charge in [-0.25, -0.2) is 9.97 Å². The highest BCUT2D eigenvalue weighted by atomic mass is 32.2. The van der Waals surface area contributed by atoms with Crippen LogP contribution in [0.5, 0.6) is 23.1 Å². The Balaban J connectivity index is 1.87. The highest BCUT2D eigenvalue weighted by molar-refractivity contribution is 7.92. The van der Waals surface area contributed by atoms with Crippen LogP contribution in [0.4, 0.5) is 5.82 Å². The second kappa shape index (κ2) is 9.71. The number of hydrogen-bond acceptors (Lipinski definition) is 9. The summed E-state index contributed by atoms with van der Waals surface area (Å²) in [5, 5.41) is -0.168. The molecular formula is C23H21N5O5S. The SMILES string of the molecule is COc1ccccc1Oc1c(NS(=O)(=O)c2cccc(C)n2)nc(-c2ccncc2)nc1OC. The Bertz CT molecular complexity index is 1410. The highest BCUT2D eigenvalue weighted by Crippen LogP contribution is 2.41. The van der Waals surface area contributed by atoms with E-state index in [9.17, 15) is 8.42 Å². The lowest BCUT2D eigenvalue weighted by Gasteiger charge is -2.17. The molecule has 0 saturated carbocycles. The minimum atomic E-state index is -4.12. The number of aryl methyl sites for hydroxylation is 1. The van der Waals surface area contributed by atoms with Crippen LogP contribution in [-0.4, -0.2) is 42.6 Å². The Labute approximate surface area is 196 Å². The number of hydrogen-bond donors (Lipinski definition) is 1. The van der Waals surface area contributed by atoms with E-state index >= 15 is 0 Å². The van der Waals surface area contributed by atoms with E-state index in [-0.39, 0.29) is 28.3 Å². The average Bonchev–Trinajstić information content (AvgIpc) is 2.85. The molecule has 0 aliphatic carbocycles. The zero-order valence-electron chi connectivity index (χ0n) is 18.6. The summed E-state index contributed by atoms with van der Waals surface area (Å²) in [5.41, 5.74) is 1.15. The van der Waals surface area contributed by atoms with E-state index < -0.39 is 10.0 Å². The number of methoxy groups -OCH3 is 2. The minimum absolute atomic E-state index is 0.0163. The molecule has 3 heterocycles. The normalized spacial score (nSPS) is 11.0. The van der Waals surface area contributed by atoms with E-state index in [2.05, 4.69) is 24.7 Å². The lowest BCUT2D eigenvalue weighted by Crippen LogP contribution is -2.17. The van der Waals surface area contributed by atoms with Crippen LogP contribution in [-0.2, 0) is 10.0 Å². The maximum absolute atomic E-state index is 13.2. The number of benzene rings is 1. The Hall–Kier alpha value is -4.25. The second-order valence-electron chi connectivity index (χ2n) is 6.95. The molecule has 1 N–H and O–H groups in total. The third-order valence-electron chi connectivity index (χ3n) is 4.62. The topological polar surface area (TPSA) is 125 Å².